The maximum absolute atomic E-state index is 12.2. The number of amides is 2. The number of hydrogen-bond acceptors (Lipinski definition) is 5. The minimum Gasteiger partial charge on any atom is -0.481 e. The van der Waals surface area contributed by atoms with Gasteiger partial charge in [0.25, 0.3) is 11.8 Å². The molecule has 2 rings (SSSR count). The van der Waals surface area contributed by atoms with E-state index in [-0.39, 0.29) is 26.0 Å². The van der Waals surface area contributed by atoms with Crippen LogP contribution in [0, 0.1) is 5.92 Å². The van der Waals surface area contributed by atoms with Crippen LogP contribution in [0.25, 0.3) is 0 Å². The third kappa shape index (κ3) is 3.39. The van der Waals surface area contributed by atoms with Gasteiger partial charge in [-0.25, -0.2) is 0 Å². The summed E-state index contributed by atoms with van der Waals surface area (Å²) in [5, 5.41) is 9.06. The number of benzene rings is 1. The number of carboxylic acids is 1. The molecular formula is C16H17NO6. The molecule has 23 heavy (non-hydrogen) atoms. The fraction of sp³-hybridized carbons (Fsp3) is 0.375. The fourth-order valence-corrected chi connectivity index (χ4v) is 2.48. The van der Waals surface area contributed by atoms with Gasteiger partial charge in [-0.15, -0.1) is 0 Å². The van der Waals surface area contributed by atoms with Crippen molar-refractivity contribution in [3.05, 3.63) is 35.4 Å². The van der Waals surface area contributed by atoms with Gasteiger partial charge in [0.05, 0.1) is 17.7 Å². The largest absolute Gasteiger partial charge is 0.481 e. The molecule has 1 aliphatic rings. The lowest BCUT2D eigenvalue weighted by atomic mass is 10.0. The smallest absolute Gasteiger partial charge is 0.320 e. The van der Waals surface area contributed by atoms with Crippen LogP contribution in [0.4, 0.5) is 0 Å². The number of imide groups is 1. The van der Waals surface area contributed by atoms with Crippen molar-refractivity contribution in [2.75, 3.05) is 13.2 Å². The number of carbonyl (C=O) groups excluding carboxylic acids is 3. The van der Waals surface area contributed by atoms with E-state index in [1.807, 2.05) is 0 Å². The molecule has 1 aromatic rings. The summed E-state index contributed by atoms with van der Waals surface area (Å²) in [6.45, 7) is 1.76. The summed E-state index contributed by atoms with van der Waals surface area (Å²) in [4.78, 5) is 48.0. The molecule has 1 aliphatic heterocycles. The van der Waals surface area contributed by atoms with Gasteiger partial charge in [-0.3, -0.25) is 24.1 Å². The van der Waals surface area contributed by atoms with Gasteiger partial charge in [-0.05, 0) is 31.9 Å². The standard InChI is InChI=1S/C16H17NO6/c1-2-23-16(22)12(15(20)21)8-5-9-17-13(18)10-6-3-4-7-11(10)14(17)19/h3-4,6-7,12H,2,5,8-9H2,1H3,(H,20,21). The quantitative estimate of drug-likeness (QED) is 0.462. The van der Waals surface area contributed by atoms with E-state index in [1.165, 1.54) is 0 Å². The Morgan fingerprint density at radius 2 is 1.74 bits per heavy atom. The Hall–Kier alpha value is -2.70. The van der Waals surface area contributed by atoms with E-state index >= 15 is 0 Å². The first-order valence-corrected chi connectivity index (χ1v) is 7.32. The van der Waals surface area contributed by atoms with E-state index in [9.17, 15) is 19.2 Å². The number of carboxylic acid groups (broad SMARTS) is 1. The SMILES string of the molecule is CCOC(=O)C(CCCN1C(=O)c2ccccc2C1=O)C(=O)O. The fourth-order valence-electron chi connectivity index (χ4n) is 2.48. The highest BCUT2D eigenvalue weighted by Gasteiger charge is 2.35. The van der Waals surface area contributed by atoms with Gasteiger partial charge in [0.2, 0.25) is 0 Å². The summed E-state index contributed by atoms with van der Waals surface area (Å²) in [5.41, 5.74) is 0.690. The number of nitrogens with zero attached hydrogens (tertiary/aromatic N) is 1. The topological polar surface area (TPSA) is 101 Å². The van der Waals surface area contributed by atoms with Crippen LogP contribution in [0.15, 0.2) is 24.3 Å². The number of ether oxygens (including phenoxy) is 1. The Labute approximate surface area is 132 Å². The third-order valence-corrected chi connectivity index (χ3v) is 3.62. The van der Waals surface area contributed by atoms with Crippen molar-refractivity contribution in [2.45, 2.75) is 19.8 Å². The Kier molecular flexibility index (Phi) is 5.10. The van der Waals surface area contributed by atoms with E-state index in [2.05, 4.69) is 0 Å². The van der Waals surface area contributed by atoms with Crippen LogP contribution in [0.5, 0.6) is 0 Å². The van der Waals surface area contributed by atoms with Gasteiger partial charge in [-0.2, -0.15) is 0 Å². The molecule has 0 saturated carbocycles. The van der Waals surface area contributed by atoms with Crippen LogP contribution in [0.2, 0.25) is 0 Å². The molecule has 0 aromatic heterocycles. The van der Waals surface area contributed by atoms with Crippen LogP contribution >= 0.6 is 0 Å². The molecule has 1 heterocycles. The summed E-state index contributed by atoms with van der Waals surface area (Å²) < 4.78 is 4.71. The van der Waals surface area contributed by atoms with Crippen molar-refractivity contribution in [2.24, 2.45) is 5.92 Å². The van der Waals surface area contributed by atoms with E-state index in [1.54, 1.807) is 31.2 Å². The maximum atomic E-state index is 12.2. The molecule has 122 valence electrons. The summed E-state index contributed by atoms with van der Waals surface area (Å²) in [6, 6.07) is 6.51. The van der Waals surface area contributed by atoms with E-state index < -0.39 is 29.7 Å². The van der Waals surface area contributed by atoms with Gasteiger partial charge in [-0.1, -0.05) is 12.1 Å². The third-order valence-electron chi connectivity index (χ3n) is 3.62. The van der Waals surface area contributed by atoms with Gasteiger partial charge in [0, 0.05) is 6.54 Å². The van der Waals surface area contributed by atoms with Crippen LogP contribution < -0.4 is 0 Å². The van der Waals surface area contributed by atoms with Crippen LogP contribution in [-0.2, 0) is 14.3 Å². The van der Waals surface area contributed by atoms with Crippen LogP contribution in [0.1, 0.15) is 40.5 Å². The number of carbonyl (C=O) groups is 4. The average molecular weight is 319 g/mol. The number of fused-ring (bicyclic) bond motifs is 1. The minimum atomic E-state index is -1.29. The zero-order chi connectivity index (χ0) is 17.0. The summed E-state index contributed by atoms with van der Waals surface area (Å²) >= 11 is 0. The number of hydrogen-bond donors (Lipinski definition) is 1. The van der Waals surface area contributed by atoms with Crippen molar-refractivity contribution in [1.82, 2.24) is 4.90 Å². The zero-order valence-electron chi connectivity index (χ0n) is 12.7. The van der Waals surface area contributed by atoms with Gasteiger partial charge < -0.3 is 9.84 Å². The highest BCUT2D eigenvalue weighted by Crippen LogP contribution is 2.23. The molecule has 1 N–H and O–H groups in total. The molecule has 0 radical (unpaired) electrons. The number of rotatable bonds is 7. The second-order valence-electron chi connectivity index (χ2n) is 5.09. The van der Waals surface area contributed by atoms with Crippen molar-refractivity contribution < 1.29 is 29.0 Å². The highest BCUT2D eigenvalue weighted by atomic mass is 16.5. The molecule has 7 nitrogen and oxygen atoms in total. The Morgan fingerprint density at radius 1 is 1.17 bits per heavy atom. The molecule has 0 saturated heterocycles. The van der Waals surface area contributed by atoms with Gasteiger partial charge >= 0.3 is 11.9 Å². The van der Waals surface area contributed by atoms with Crippen molar-refractivity contribution in [3.8, 4) is 0 Å². The van der Waals surface area contributed by atoms with E-state index in [0.29, 0.717) is 11.1 Å². The molecule has 0 bridgehead atoms. The maximum Gasteiger partial charge on any atom is 0.320 e. The predicted molar refractivity (Wildman–Crippen MR) is 78.8 cm³/mol. The monoisotopic (exact) mass is 319 g/mol. The molecule has 0 spiro atoms. The molecule has 2 amide bonds. The normalized spacial score (nSPS) is 14.6. The second-order valence-corrected chi connectivity index (χ2v) is 5.09. The van der Waals surface area contributed by atoms with Crippen molar-refractivity contribution >= 4 is 23.8 Å². The van der Waals surface area contributed by atoms with Crippen LogP contribution in [0.3, 0.4) is 0 Å². The zero-order valence-corrected chi connectivity index (χ0v) is 12.7. The first kappa shape index (κ1) is 16.7. The molecule has 7 heteroatoms. The van der Waals surface area contributed by atoms with Crippen molar-refractivity contribution in [1.29, 1.82) is 0 Å². The van der Waals surface area contributed by atoms with Gasteiger partial charge in [0.1, 0.15) is 0 Å². The lowest BCUT2D eigenvalue weighted by molar-refractivity contribution is -0.158. The Bertz CT molecular complexity index is 619. The summed E-state index contributed by atoms with van der Waals surface area (Å²) in [7, 11) is 0. The average Bonchev–Trinajstić information content (AvgIpc) is 2.76. The number of aliphatic carboxylic acids is 1. The lowest BCUT2D eigenvalue weighted by Gasteiger charge is -2.15. The molecular weight excluding hydrogens is 302 g/mol. The first-order valence-electron chi connectivity index (χ1n) is 7.32. The highest BCUT2D eigenvalue weighted by molar-refractivity contribution is 6.21. The van der Waals surface area contributed by atoms with Crippen molar-refractivity contribution in [3.63, 3.8) is 0 Å². The Balaban J connectivity index is 1.97. The summed E-state index contributed by atoms with van der Waals surface area (Å²) in [6.07, 6.45) is 0.211. The first-order chi connectivity index (χ1) is 11.0. The summed E-state index contributed by atoms with van der Waals surface area (Å²) in [5.74, 6) is -4.15. The minimum absolute atomic E-state index is 0.00156. The molecule has 0 aliphatic carbocycles. The number of esters is 1. The second kappa shape index (κ2) is 7.04. The van der Waals surface area contributed by atoms with Crippen LogP contribution in [-0.4, -0.2) is 46.9 Å². The Morgan fingerprint density at radius 3 is 2.22 bits per heavy atom. The predicted octanol–water partition coefficient (Wildman–Crippen LogP) is 1.33. The molecule has 1 aromatic carbocycles. The lowest BCUT2D eigenvalue weighted by Crippen LogP contribution is -2.32. The van der Waals surface area contributed by atoms with Gasteiger partial charge in [0.15, 0.2) is 5.92 Å². The molecule has 1 unspecified atom stereocenters. The van der Waals surface area contributed by atoms with E-state index in [0.717, 1.165) is 4.90 Å². The van der Waals surface area contributed by atoms with E-state index in [4.69, 9.17) is 9.84 Å². The molecule has 0 fully saturated rings. The molecule has 1 atom stereocenters.